The molecule has 0 N–H and O–H groups in total. The van der Waals surface area contributed by atoms with Gasteiger partial charge in [0, 0.05) is 37.4 Å². The van der Waals surface area contributed by atoms with Crippen LogP contribution in [0, 0.1) is 0 Å². The molecule has 0 bridgehead atoms. The fraction of sp³-hybridized carbons (Fsp3) is 0.846. The summed E-state index contributed by atoms with van der Waals surface area (Å²) in [4.78, 5) is 5.27. The molecule has 3 heteroatoms. The van der Waals surface area contributed by atoms with E-state index in [1.54, 1.807) is 0 Å². The summed E-state index contributed by atoms with van der Waals surface area (Å²) in [6.07, 6.45) is 2.05. The van der Waals surface area contributed by atoms with E-state index in [1.807, 2.05) is 0 Å². The molecule has 1 atom stereocenters. The lowest BCUT2D eigenvalue weighted by molar-refractivity contribution is 0.0520. The van der Waals surface area contributed by atoms with Crippen LogP contribution in [-0.4, -0.2) is 56.0 Å². The van der Waals surface area contributed by atoms with Crippen LogP contribution in [0.15, 0.2) is 12.7 Å². The van der Waals surface area contributed by atoms with Crippen molar-refractivity contribution in [1.29, 1.82) is 0 Å². The minimum absolute atomic E-state index is 0.321. The van der Waals surface area contributed by atoms with Crippen LogP contribution in [0.25, 0.3) is 0 Å². The van der Waals surface area contributed by atoms with Gasteiger partial charge in [0.15, 0.2) is 0 Å². The quantitative estimate of drug-likeness (QED) is 0.550. The molecule has 0 aliphatic carbocycles. The third-order valence-corrected chi connectivity index (χ3v) is 5.79. The molecule has 0 radical (unpaired) electrons. The van der Waals surface area contributed by atoms with Gasteiger partial charge in [-0.05, 0) is 20.8 Å². The Morgan fingerprint density at radius 3 is 2.38 bits per heavy atom. The van der Waals surface area contributed by atoms with Crippen molar-refractivity contribution in [3.63, 3.8) is 0 Å². The van der Waals surface area contributed by atoms with Crippen LogP contribution < -0.4 is 0 Å². The first-order valence-electron chi connectivity index (χ1n) is 6.46. The Hall–Kier alpha value is -0.123. The molecule has 0 amide bonds. The maximum atomic E-state index is 3.88. The summed E-state index contributed by atoms with van der Waals surface area (Å²) in [5.41, 5.74) is 1.13. The fourth-order valence-corrected chi connectivity index (χ4v) is 4.27. The van der Waals surface area contributed by atoms with Crippen molar-refractivity contribution in [3.05, 3.63) is 12.7 Å². The Kier molecular flexibility index (Phi) is 4.77. The van der Waals surface area contributed by atoms with Gasteiger partial charge in [-0.1, -0.05) is 19.2 Å². The molecule has 1 rings (SSSR count). The maximum absolute atomic E-state index is 3.88. The second-order valence-corrected chi connectivity index (χ2v) is 9.47. The number of nitrogens with zero attached hydrogens (tertiary/aromatic N) is 2. The number of piperazine rings is 1. The van der Waals surface area contributed by atoms with Gasteiger partial charge in [0.2, 0.25) is 0 Å². The summed E-state index contributed by atoms with van der Waals surface area (Å²) >= 11 is 0. The highest BCUT2D eigenvalue weighted by atomic mass is 28.3. The molecule has 0 aromatic heterocycles. The Balaban J connectivity index is 2.68. The largest absolute Gasteiger partial charge is 0.297 e. The van der Waals surface area contributed by atoms with E-state index in [0.717, 1.165) is 12.2 Å². The van der Waals surface area contributed by atoms with Crippen LogP contribution in [0.1, 0.15) is 20.8 Å². The highest BCUT2D eigenvalue weighted by molar-refractivity contribution is 6.57. The minimum atomic E-state index is -0.615. The average Bonchev–Trinajstić information content (AvgIpc) is 2.16. The Morgan fingerprint density at radius 1 is 1.31 bits per heavy atom. The molecule has 0 spiro atoms. The molecule has 0 aromatic carbocycles. The summed E-state index contributed by atoms with van der Waals surface area (Å²) in [5, 5.41) is 0. The van der Waals surface area contributed by atoms with Crippen LogP contribution >= 0.6 is 0 Å². The van der Waals surface area contributed by atoms with Gasteiger partial charge < -0.3 is 0 Å². The standard InChI is InChI=1S/C13H28N2Si/c1-7-8-14-9-10-15(13(2,3)4)11-12(14)16(5)6/h7,12,16H,1,8-11H2,2-6H3. The lowest BCUT2D eigenvalue weighted by atomic mass is 10.0. The van der Waals surface area contributed by atoms with Gasteiger partial charge in [0.05, 0.1) is 8.80 Å². The lowest BCUT2D eigenvalue weighted by Crippen LogP contribution is -2.61. The van der Waals surface area contributed by atoms with E-state index in [4.69, 9.17) is 0 Å². The van der Waals surface area contributed by atoms with Crippen molar-refractivity contribution in [3.8, 4) is 0 Å². The zero-order valence-electron chi connectivity index (χ0n) is 11.7. The number of hydrogen-bond acceptors (Lipinski definition) is 2. The summed E-state index contributed by atoms with van der Waals surface area (Å²) in [5.74, 6) is 0. The van der Waals surface area contributed by atoms with Gasteiger partial charge in [0.25, 0.3) is 0 Å². The zero-order chi connectivity index (χ0) is 12.3. The third-order valence-electron chi connectivity index (χ3n) is 3.62. The maximum Gasteiger partial charge on any atom is 0.0525 e. The molecule has 0 saturated carbocycles. The molecular formula is C13H28N2Si. The molecule has 2 nitrogen and oxygen atoms in total. The van der Waals surface area contributed by atoms with E-state index >= 15 is 0 Å². The zero-order valence-corrected chi connectivity index (χ0v) is 12.8. The van der Waals surface area contributed by atoms with Crippen molar-refractivity contribution >= 4 is 8.80 Å². The van der Waals surface area contributed by atoms with Crippen molar-refractivity contribution in [1.82, 2.24) is 9.80 Å². The van der Waals surface area contributed by atoms with Crippen LogP contribution in [0.4, 0.5) is 0 Å². The van der Waals surface area contributed by atoms with Crippen LogP contribution in [0.5, 0.6) is 0 Å². The predicted octanol–water partition coefficient (Wildman–Crippen LogP) is 1.98. The molecule has 16 heavy (non-hydrogen) atoms. The van der Waals surface area contributed by atoms with Gasteiger partial charge in [-0.25, -0.2) is 0 Å². The van der Waals surface area contributed by atoms with E-state index in [0.29, 0.717) is 5.54 Å². The first-order chi connectivity index (χ1) is 7.36. The molecular weight excluding hydrogens is 212 g/mol. The predicted molar refractivity (Wildman–Crippen MR) is 75.8 cm³/mol. The average molecular weight is 240 g/mol. The van der Waals surface area contributed by atoms with E-state index in [9.17, 15) is 0 Å². The summed E-state index contributed by atoms with van der Waals surface area (Å²) in [6.45, 7) is 20.5. The first kappa shape index (κ1) is 13.9. The Labute approximate surface area is 103 Å². The van der Waals surface area contributed by atoms with E-state index in [-0.39, 0.29) is 0 Å². The van der Waals surface area contributed by atoms with Crippen molar-refractivity contribution in [2.45, 2.75) is 45.1 Å². The molecule has 1 saturated heterocycles. The molecule has 1 aliphatic heterocycles. The minimum Gasteiger partial charge on any atom is -0.297 e. The van der Waals surface area contributed by atoms with Crippen LogP contribution in [0.2, 0.25) is 13.1 Å². The monoisotopic (exact) mass is 240 g/mol. The van der Waals surface area contributed by atoms with Gasteiger partial charge in [-0.15, -0.1) is 6.58 Å². The molecule has 1 heterocycles. The SMILES string of the molecule is C=CCN1CCN(C(C)(C)C)CC1[SiH](C)C. The summed E-state index contributed by atoms with van der Waals surface area (Å²) < 4.78 is 0. The second kappa shape index (κ2) is 5.47. The first-order valence-corrected chi connectivity index (χ1v) is 9.44. The molecule has 1 aliphatic rings. The van der Waals surface area contributed by atoms with E-state index in [2.05, 4.69) is 56.3 Å². The summed E-state index contributed by atoms with van der Waals surface area (Å²) in [6, 6.07) is 0. The molecule has 1 unspecified atom stereocenters. The highest BCUT2D eigenvalue weighted by Gasteiger charge is 2.33. The number of rotatable bonds is 3. The van der Waals surface area contributed by atoms with Crippen LogP contribution in [0.3, 0.4) is 0 Å². The smallest absolute Gasteiger partial charge is 0.0525 e. The van der Waals surface area contributed by atoms with E-state index < -0.39 is 8.80 Å². The van der Waals surface area contributed by atoms with Crippen molar-refractivity contribution in [2.75, 3.05) is 26.2 Å². The highest BCUT2D eigenvalue weighted by Crippen LogP contribution is 2.20. The topological polar surface area (TPSA) is 6.48 Å². The second-order valence-electron chi connectivity index (χ2n) is 6.21. The lowest BCUT2D eigenvalue weighted by Gasteiger charge is -2.47. The molecule has 94 valence electrons. The molecule has 1 fully saturated rings. The van der Waals surface area contributed by atoms with Gasteiger partial charge >= 0.3 is 0 Å². The molecule has 0 aromatic rings. The van der Waals surface area contributed by atoms with Gasteiger partial charge in [-0.2, -0.15) is 0 Å². The van der Waals surface area contributed by atoms with E-state index in [1.165, 1.54) is 19.6 Å². The van der Waals surface area contributed by atoms with Crippen molar-refractivity contribution < 1.29 is 0 Å². The van der Waals surface area contributed by atoms with Gasteiger partial charge in [-0.3, -0.25) is 9.80 Å². The van der Waals surface area contributed by atoms with Crippen molar-refractivity contribution in [2.24, 2.45) is 0 Å². The normalized spacial score (nSPS) is 25.0. The fourth-order valence-electron chi connectivity index (χ4n) is 2.48. The van der Waals surface area contributed by atoms with Crippen LogP contribution in [-0.2, 0) is 0 Å². The number of hydrogen-bond donors (Lipinski definition) is 0. The Bertz CT molecular complexity index is 233. The van der Waals surface area contributed by atoms with Gasteiger partial charge in [0.1, 0.15) is 0 Å². The Morgan fingerprint density at radius 2 is 1.94 bits per heavy atom. The summed E-state index contributed by atoms with van der Waals surface area (Å²) in [7, 11) is -0.615. The third kappa shape index (κ3) is 3.44.